The molecule has 1 saturated carbocycles. The number of hydrogen-bond donors (Lipinski definition) is 1. The average Bonchev–Trinajstić information content (AvgIpc) is 2.89. The molecule has 0 unspecified atom stereocenters. The van der Waals surface area contributed by atoms with Crippen LogP contribution in [0.4, 0.5) is 0 Å². The standard InChI is InChI=1S/C14H17NO3/c1-9(2)15-11-7-10(8-14(17)5-6-14)3-4-12(11)18-13(15)16/h3-4,7,9,17H,5-6,8H2,1-2H3. The van der Waals surface area contributed by atoms with E-state index in [1.165, 1.54) is 0 Å². The Balaban J connectivity index is 2.09. The summed E-state index contributed by atoms with van der Waals surface area (Å²) >= 11 is 0. The Morgan fingerprint density at radius 1 is 1.44 bits per heavy atom. The first kappa shape index (κ1) is 11.5. The van der Waals surface area contributed by atoms with Crippen LogP contribution in [0, 0.1) is 0 Å². The second kappa shape index (κ2) is 3.72. The number of aromatic nitrogens is 1. The van der Waals surface area contributed by atoms with Gasteiger partial charge in [0.1, 0.15) is 0 Å². The topological polar surface area (TPSA) is 55.4 Å². The van der Waals surface area contributed by atoms with Crippen LogP contribution in [-0.2, 0) is 6.42 Å². The zero-order valence-electron chi connectivity index (χ0n) is 10.6. The van der Waals surface area contributed by atoms with Crippen molar-refractivity contribution >= 4 is 11.1 Å². The highest BCUT2D eigenvalue weighted by Crippen LogP contribution is 2.38. The largest absolute Gasteiger partial charge is 0.420 e. The van der Waals surface area contributed by atoms with Crippen LogP contribution in [-0.4, -0.2) is 15.3 Å². The summed E-state index contributed by atoms with van der Waals surface area (Å²) < 4.78 is 6.85. The van der Waals surface area contributed by atoms with Crippen LogP contribution in [0.15, 0.2) is 27.4 Å². The van der Waals surface area contributed by atoms with Crippen LogP contribution in [0.5, 0.6) is 0 Å². The molecule has 3 rings (SSSR count). The molecule has 1 N–H and O–H groups in total. The lowest BCUT2D eigenvalue weighted by molar-refractivity contribution is 0.151. The molecule has 96 valence electrons. The second-order valence-corrected chi connectivity index (χ2v) is 5.53. The minimum atomic E-state index is -0.514. The van der Waals surface area contributed by atoms with Crippen LogP contribution in [0.1, 0.15) is 38.3 Å². The highest BCUT2D eigenvalue weighted by atomic mass is 16.4. The molecule has 0 aliphatic heterocycles. The van der Waals surface area contributed by atoms with Gasteiger partial charge in [0.15, 0.2) is 5.58 Å². The smallest absolute Gasteiger partial charge is 0.408 e. The first-order valence-corrected chi connectivity index (χ1v) is 6.35. The van der Waals surface area contributed by atoms with Gasteiger partial charge in [0.05, 0.1) is 11.1 Å². The maximum Gasteiger partial charge on any atom is 0.420 e. The van der Waals surface area contributed by atoms with Crippen molar-refractivity contribution in [3.05, 3.63) is 34.3 Å². The van der Waals surface area contributed by atoms with Crippen molar-refractivity contribution in [2.24, 2.45) is 0 Å². The molecular weight excluding hydrogens is 230 g/mol. The Labute approximate surface area is 105 Å². The van der Waals surface area contributed by atoms with E-state index in [9.17, 15) is 9.90 Å². The third kappa shape index (κ3) is 1.86. The van der Waals surface area contributed by atoms with E-state index in [4.69, 9.17) is 4.42 Å². The number of hydrogen-bond acceptors (Lipinski definition) is 3. The molecule has 4 nitrogen and oxygen atoms in total. The molecule has 1 heterocycles. The van der Waals surface area contributed by atoms with E-state index in [1.54, 1.807) is 4.57 Å². The Morgan fingerprint density at radius 3 is 2.78 bits per heavy atom. The zero-order valence-corrected chi connectivity index (χ0v) is 10.6. The van der Waals surface area contributed by atoms with Crippen LogP contribution in [0.25, 0.3) is 11.1 Å². The Bertz CT molecular complexity index is 647. The van der Waals surface area contributed by atoms with Crippen molar-refractivity contribution in [2.75, 3.05) is 0 Å². The summed E-state index contributed by atoms with van der Waals surface area (Å²) in [5.41, 5.74) is 1.97. The maximum atomic E-state index is 11.7. The lowest BCUT2D eigenvalue weighted by Crippen LogP contribution is -2.16. The average molecular weight is 247 g/mol. The fourth-order valence-electron chi connectivity index (χ4n) is 2.38. The highest BCUT2D eigenvalue weighted by molar-refractivity contribution is 5.74. The summed E-state index contributed by atoms with van der Waals surface area (Å²) in [6, 6.07) is 5.76. The van der Waals surface area contributed by atoms with Gasteiger partial charge in [0.25, 0.3) is 0 Å². The van der Waals surface area contributed by atoms with Gasteiger partial charge in [-0.05, 0) is 44.4 Å². The van der Waals surface area contributed by atoms with E-state index in [-0.39, 0.29) is 11.8 Å². The Kier molecular flexibility index (Phi) is 2.38. The van der Waals surface area contributed by atoms with Crippen molar-refractivity contribution in [2.45, 2.75) is 44.8 Å². The minimum Gasteiger partial charge on any atom is -0.408 e. The monoisotopic (exact) mass is 247 g/mol. The highest BCUT2D eigenvalue weighted by Gasteiger charge is 2.40. The van der Waals surface area contributed by atoms with Crippen LogP contribution < -0.4 is 5.76 Å². The first-order chi connectivity index (χ1) is 8.48. The lowest BCUT2D eigenvalue weighted by Gasteiger charge is -2.09. The van der Waals surface area contributed by atoms with Crippen LogP contribution in [0.3, 0.4) is 0 Å². The fourth-order valence-corrected chi connectivity index (χ4v) is 2.38. The van der Waals surface area contributed by atoms with E-state index in [1.807, 2.05) is 32.0 Å². The molecule has 0 amide bonds. The van der Waals surface area contributed by atoms with Gasteiger partial charge < -0.3 is 9.52 Å². The van der Waals surface area contributed by atoms with Crippen molar-refractivity contribution in [1.82, 2.24) is 4.57 Å². The van der Waals surface area contributed by atoms with Crippen molar-refractivity contribution < 1.29 is 9.52 Å². The third-order valence-electron chi connectivity index (χ3n) is 3.55. The number of aliphatic hydroxyl groups is 1. The van der Waals surface area contributed by atoms with Gasteiger partial charge in [-0.1, -0.05) is 6.07 Å². The SMILES string of the molecule is CC(C)n1c(=O)oc2ccc(CC3(O)CC3)cc21. The predicted molar refractivity (Wildman–Crippen MR) is 68.7 cm³/mol. The fraction of sp³-hybridized carbons (Fsp3) is 0.500. The quantitative estimate of drug-likeness (QED) is 0.905. The van der Waals surface area contributed by atoms with Gasteiger partial charge in [-0.3, -0.25) is 4.57 Å². The van der Waals surface area contributed by atoms with Crippen molar-refractivity contribution in [3.63, 3.8) is 0 Å². The van der Waals surface area contributed by atoms with E-state index >= 15 is 0 Å². The molecule has 18 heavy (non-hydrogen) atoms. The Hall–Kier alpha value is -1.55. The maximum absolute atomic E-state index is 11.7. The summed E-state index contributed by atoms with van der Waals surface area (Å²) in [5, 5.41) is 9.95. The molecule has 1 aromatic carbocycles. The molecule has 1 fully saturated rings. The predicted octanol–water partition coefficient (Wildman–Crippen LogP) is 2.24. The number of nitrogens with zero attached hydrogens (tertiary/aromatic N) is 1. The number of benzene rings is 1. The van der Waals surface area contributed by atoms with Gasteiger partial charge in [0, 0.05) is 12.5 Å². The third-order valence-corrected chi connectivity index (χ3v) is 3.55. The Morgan fingerprint density at radius 2 is 2.17 bits per heavy atom. The summed E-state index contributed by atoms with van der Waals surface area (Å²) in [5.74, 6) is -0.317. The summed E-state index contributed by atoms with van der Waals surface area (Å²) in [7, 11) is 0. The van der Waals surface area contributed by atoms with Crippen LogP contribution in [0.2, 0.25) is 0 Å². The summed E-state index contributed by atoms with van der Waals surface area (Å²) in [6.45, 7) is 3.91. The van der Waals surface area contributed by atoms with E-state index in [0.29, 0.717) is 12.0 Å². The summed E-state index contributed by atoms with van der Waals surface area (Å²) in [6.07, 6.45) is 2.39. The number of oxazole rings is 1. The molecule has 0 spiro atoms. The molecule has 0 atom stereocenters. The van der Waals surface area contributed by atoms with Gasteiger partial charge >= 0.3 is 5.76 Å². The molecule has 0 bridgehead atoms. The molecule has 1 aromatic heterocycles. The lowest BCUT2D eigenvalue weighted by atomic mass is 10.1. The number of rotatable bonds is 3. The second-order valence-electron chi connectivity index (χ2n) is 5.53. The minimum absolute atomic E-state index is 0.0676. The van der Waals surface area contributed by atoms with E-state index < -0.39 is 5.60 Å². The van der Waals surface area contributed by atoms with Gasteiger partial charge in [-0.15, -0.1) is 0 Å². The van der Waals surface area contributed by atoms with E-state index in [0.717, 1.165) is 23.9 Å². The van der Waals surface area contributed by atoms with E-state index in [2.05, 4.69) is 0 Å². The van der Waals surface area contributed by atoms with Crippen molar-refractivity contribution in [3.8, 4) is 0 Å². The molecule has 2 aromatic rings. The van der Waals surface area contributed by atoms with Crippen molar-refractivity contribution in [1.29, 1.82) is 0 Å². The number of fused-ring (bicyclic) bond motifs is 1. The van der Waals surface area contributed by atoms with Crippen LogP contribution >= 0.6 is 0 Å². The van der Waals surface area contributed by atoms with Gasteiger partial charge in [-0.25, -0.2) is 4.79 Å². The molecule has 1 aliphatic carbocycles. The normalized spacial score (nSPS) is 17.6. The first-order valence-electron chi connectivity index (χ1n) is 6.35. The molecular formula is C14H17NO3. The molecule has 0 radical (unpaired) electrons. The molecule has 4 heteroatoms. The van der Waals surface area contributed by atoms with Gasteiger partial charge in [0.2, 0.25) is 0 Å². The molecule has 0 saturated heterocycles. The molecule has 1 aliphatic rings. The zero-order chi connectivity index (χ0) is 12.9. The summed E-state index contributed by atoms with van der Waals surface area (Å²) in [4.78, 5) is 11.7. The van der Waals surface area contributed by atoms with Gasteiger partial charge in [-0.2, -0.15) is 0 Å².